The molecule has 2 aromatic carbocycles. The van der Waals surface area contributed by atoms with E-state index in [2.05, 4.69) is 20.7 Å². The molecule has 0 radical (unpaired) electrons. The Morgan fingerprint density at radius 2 is 1.77 bits per heavy atom. The molecule has 1 fully saturated rings. The van der Waals surface area contributed by atoms with E-state index in [9.17, 15) is 9.59 Å². The molecule has 1 aliphatic heterocycles. The van der Waals surface area contributed by atoms with Crippen molar-refractivity contribution in [1.82, 2.24) is 10.3 Å². The molecule has 1 heterocycles. The Labute approximate surface area is 181 Å². The molecule has 0 spiro atoms. The van der Waals surface area contributed by atoms with Crippen LogP contribution in [-0.2, 0) is 9.59 Å². The normalized spacial score (nSPS) is 14.4. The van der Waals surface area contributed by atoms with Crippen molar-refractivity contribution in [3.8, 4) is 5.75 Å². The molecule has 1 aliphatic rings. The number of rotatable bonds is 8. The van der Waals surface area contributed by atoms with Crippen LogP contribution in [0.15, 0.2) is 53.6 Å². The number of hydrogen-bond acceptors (Lipinski definition) is 5. The molecule has 7 nitrogen and oxygen atoms in total. The molecule has 0 aliphatic carbocycles. The third-order valence-electron chi connectivity index (χ3n) is 4.62. The molecule has 158 valence electrons. The first kappa shape index (κ1) is 21.8. The van der Waals surface area contributed by atoms with Gasteiger partial charge in [-0.3, -0.25) is 14.5 Å². The highest BCUT2D eigenvalue weighted by molar-refractivity contribution is 6.33. The van der Waals surface area contributed by atoms with Crippen LogP contribution in [0.2, 0.25) is 5.02 Å². The van der Waals surface area contributed by atoms with Crippen molar-refractivity contribution < 1.29 is 14.3 Å². The van der Waals surface area contributed by atoms with Crippen LogP contribution in [-0.4, -0.2) is 49.2 Å². The number of halogens is 1. The average molecular weight is 429 g/mol. The molecule has 2 aromatic rings. The van der Waals surface area contributed by atoms with Crippen LogP contribution in [0.1, 0.15) is 24.8 Å². The van der Waals surface area contributed by atoms with E-state index in [4.69, 9.17) is 16.3 Å². The number of anilines is 1. The minimum atomic E-state index is -0.301. The van der Waals surface area contributed by atoms with Gasteiger partial charge in [0.2, 0.25) is 0 Å². The molecule has 3 rings (SSSR count). The lowest BCUT2D eigenvalue weighted by molar-refractivity contribution is -0.122. The second-order valence-corrected chi connectivity index (χ2v) is 7.42. The SMILES string of the molecule is O=C(CN1CCCCC1)N/N=C\c1ccc(OCC(=O)Nc2ccccc2Cl)cc1. The van der Waals surface area contributed by atoms with E-state index in [0.717, 1.165) is 31.5 Å². The first-order valence-corrected chi connectivity index (χ1v) is 10.3. The zero-order valence-electron chi connectivity index (χ0n) is 16.6. The second kappa shape index (κ2) is 11.3. The number of likely N-dealkylation sites (tertiary alicyclic amines) is 1. The van der Waals surface area contributed by atoms with Crippen molar-refractivity contribution in [2.24, 2.45) is 5.10 Å². The number of para-hydroxylation sites is 1. The van der Waals surface area contributed by atoms with Gasteiger partial charge >= 0.3 is 0 Å². The van der Waals surface area contributed by atoms with Gasteiger partial charge in [0, 0.05) is 0 Å². The van der Waals surface area contributed by atoms with E-state index in [1.807, 2.05) is 0 Å². The van der Waals surface area contributed by atoms with Crippen molar-refractivity contribution >= 4 is 35.3 Å². The maximum atomic E-state index is 12.0. The topological polar surface area (TPSA) is 83.0 Å². The molecule has 30 heavy (non-hydrogen) atoms. The standard InChI is InChI=1S/C22H25ClN4O3/c23-19-6-2-3-7-20(19)25-22(29)16-30-18-10-8-17(9-11-18)14-24-26-21(28)15-27-12-4-1-5-13-27/h2-3,6-11,14H,1,4-5,12-13,15-16H2,(H,25,29)(H,26,28)/b24-14-. The molecule has 0 saturated carbocycles. The maximum Gasteiger partial charge on any atom is 0.262 e. The fourth-order valence-corrected chi connectivity index (χ4v) is 3.27. The van der Waals surface area contributed by atoms with E-state index < -0.39 is 0 Å². The van der Waals surface area contributed by atoms with Crippen LogP contribution < -0.4 is 15.5 Å². The minimum absolute atomic E-state index is 0.113. The third-order valence-corrected chi connectivity index (χ3v) is 4.95. The Hall–Kier alpha value is -2.90. The van der Waals surface area contributed by atoms with Crippen LogP contribution in [0, 0.1) is 0 Å². The van der Waals surface area contributed by atoms with E-state index in [1.54, 1.807) is 54.7 Å². The summed E-state index contributed by atoms with van der Waals surface area (Å²) in [7, 11) is 0. The summed E-state index contributed by atoms with van der Waals surface area (Å²) in [5, 5.41) is 7.17. The molecule has 0 atom stereocenters. The second-order valence-electron chi connectivity index (χ2n) is 7.02. The number of carbonyl (C=O) groups excluding carboxylic acids is 2. The molecule has 8 heteroatoms. The summed E-state index contributed by atoms with van der Waals surface area (Å²) in [4.78, 5) is 26.1. The molecule has 0 bridgehead atoms. The smallest absolute Gasteiger partial charge is 0.262 e. The lowest BCUT2D eigenvalue weighted by atomic mass is 10.1. The predicted molar refractivity (Wildman–Crippen MR) is 118 cm³/mol. The molecular weight excluding hydrogens is 404 g/mol. The lowest BCUT2D eigenvalue weighted by Crippen LogP contribution is -2.38. The number of amides is 2. The van der Waals surface area contributed by atoms with Gasteiger partial charge in [-0.2, -0.15) is 5.10 Å². The third kappa shape index (κ3) is 7.17. The van der Waals surface area contributed by atoms with Gasteiger partial charge in [0.15, 0.2) is 6.61 Å². The Morgan fingerprint density at radius 1 is 1.03 bits per heavy atom. The summed E-state index contributed by atoms with van der Waals surface area (Å²) in [5.41, 5.74) is 3.90. The van der Waals surface area contributed by atoms with Gasteiger partial charge in [0.1, 0.15) is 5.75 Å². The minimum Gasteiger partial charge on any atom is -0.484 e. The summed E-state index contributed by atoms with van der Waals surface area (Å²) in [5.74, 6) is 0.137. The van der Waals surface area contributed by atoms with Gasteiger partial charge < -0.3 is 10.1 Å². The van der Waals surface area contributed by atoms with Crippen LogP contribution >= 0.6 is 11.6 Å². The van der Waals surface area contributed by atoms with Crippen molar-refractivity contribution in [3.63, 3.8) is 0 Å². The molecule has 1 saturated heterocycles. The highest BCUT2D eigenvalue weighted by atomic mass is 35.5. The zero-order chi connectivity index (χ0) is 21.2. The van der Waals surface area contributed by atoms with Crippen LogP contribution in [0.5, 0.6) is 5.75 Å². The summed E-state index contributed by atoms with van der Waals surface area (Å²) in [6, 6.07) is 14.1. The van der Waals surface area contributed by atoms with E-state index in [0.29, 0.717) is 23.0 Å². The summed E-state index contributed by atoms with van der Waals surface area (Å²) >= 11 is 6.02. The van der Waals surface area contributed by atoms with Gasteiger partial charge in [-0.1, -0.05) is 30.2 Å². The Kier molecular flexibility index (Phi) is 8.23. The number of hydrazone groups is 1. The van der Waals surface area contributed by atoms with Crippen molar-refractivity contribution in [2.75, 3.05) is 31.6 Å². The lowest BCUT2D eigenvalue weighted by Gasteiger charge is -2.25. The number of hydrogen-bond donors (Lipinski definition) is 2. The number of carbonyl (C=O) groups is 2. The molecular formula is C22H25ClN4O3. The van der Waals surface area contributed by atoms with E-state index >= 15 is 0 Å². The number of benzene rings is 2. The van der Waals surface area contributed by atoms with Gasteiger partial charge in [0.25, 0.3) is 11.8 Å². The molecule has 2 amide bonds. The molecule has 0 unspecified atom stereocenters. The van der Waals surface area contributed by atoms with Gasteiger partial charge in [-0.25, -0.2) is 5.43 Å². The van der Waals surface area contributed by atoms with Crippen molar-refractivity contribution in [3.05, 3.63) is 59.1 Å². The number of nitrogens with zero attached hydrogens (tertiary/aromatic N) is 2. The van der Waals surface area contributed by atoms with Crippen LogP contribution in [0.25, 0.3) is 0 Å². The summed E-state index contributed by atoms with van der Waals surface area (Å²) in [6.45, 7) is 2.18. The first-order valence-electron chi connectivity index (χ1n) is 9.92. The van der Waals surface area contributed by atoms with Gasteiger partial charge in [-0.05, 0) is 67.9 Å². The van der Waals surface area contributed by atoms with E-state index in [1.165, 1.54) is 6.42 Å². The van der Waals surface area contributed by atoms with Crippen LogP contribution in [0.4, 0.5) is 5.69 Å². The average Bonchev–Trinajstić information content (AvgIpc) is 2.75. The van der Waals surface area contributed by atoms with Crippen molar-refractivity contribution in [2.45, 2.75) is 19.3 Å². The highest BCUT2D eigenvalue weighted by Gasteiger charge is 2.13. The highest BCUT2D eigenvalue weighted by Crippen LogP contribution is 2.20. The monoisotopic (exact) mass is 428 g/mol. The fourth-order valence-electron chi connectivity index (χ4n) is 3.08. The Morgan fingerprint density at radius 3 is 2.50 bits per heavy atom. The predicted octanol–water partition coefficient (Wildman–Crippen LogP) is 3.29. The van der Waals surface area contributed by atoms with Gasteiger partial charge in [0.05, 0.1) is 23.5 Å². The number of ether oxygens (including phenoxy) is 1. The quantitative estimate of drug-likeness (QED) is 0.499. The summed E-state index contributed by atoms with van der Waals surface area (Å²) in [6.07, 6.45) is 5.10. The zero-order valence-corrected chi connectivity index (χ0v) is 17.4. The van der Waals surface area contributed by atoms with E-state index in [-0.39, 0.29) is 18.4 Å². The largest absolute Gasteiger partial charge is 0.484 e. The maximum absolute atomic E-state index is 12.0. The molecule has 0 aromatic heterocycles. The number of nitrogens with one attached hydrogen (secondary N) is 2. The fraction of sp³-hybridized carbons (Fsp3) is 0.318. The number of piperidine rings is 1. The van der Waals surface area contributed by atoms with Gasteiger partial charge in [-0.15, -0.1) is 0 Å². The summed E-state index contributed by atoms with van der Waals surface area (Å²) < 4.78 is 5.49. The Bertz CT molecular complexity index is 880. The Balaban J connectivity index is 1.39. The van der Waals surface area contributed by atoms with Crippen LogP contribution in [0.3, 0.4) is 0 Å². The van der Waals surface area contributed by atoms with Crippen molar-refractivity contribution in [1.29, 1.82) is 0 Å². The molecule has 2 N–H and O–H groups in total. The first-order chi connectivity index (χ1) is 14.6.